The molecule has 2 fully saturated rings. The lowest BCUT2D eigenvalue weighted by Gasteiger charge is -2.49. The number of aliphatic hydroxyl groups excluding tert-OH is 1. The minimum absolute atomic E-state index is 0.00589. The van der Waals surface area contributed by atoms with Crippen LogP contribution in [0.2, 0.25) is 0 Å². The van der Waals surface area contributed by atoms with Crippen LogP contribution >= 0.6 is 38.7 Å². The lowest BCUT2D eigenvalue weighted by atomic mass is 9.78. The topological polar surface area (TPSA) is 233 Å². The van der Waals surface area contributed by atoms with Gasteiger partial charge in [-0.3, -0.25) is 23.5 Å². The van der Waals surface area contributed by atoms with Crippen LogP contribution in [0.3, 0.4) is 0 Å². The number of nitrogens with zero attached hydrogens (tertiary/aromatic N) is 2. The molecule has 20 heteroatoms. The van der Waals surface area contributed by atoms with E-state index >= 15 is 0 Å². The third-order valence-electron chi connectivity index (χ3n) is 13.3. The van der Waals surface area contributed by atoms with Crippen LogP contribution in [-0.4, -0.2) is 70.1 Å². The van der Waals surface area contributed by atoms with Crippen molar-refractivity contribution in [3.05, 3.63) is 217 Å². The average Bonchev–Trinajstić information content (AvgIpc) is 3.56. The molecular formula is C58H48F2N2O12P2S2. The molecule has 0 spiro atoms. The Bertz CT molecular complexity index is 3580. The summed E-state index contributed by atoms with van der Waals surface area (Å²) in [4.78, 5) is 81.7. The zero-order valence-electron chi connectivity index (χ0n) is 40.8. The number of thioether (sulfide) groups is 2. The third kappa shape index (κ3) is 12.2. The van der Waals surface area contributed by atoms with E-state index < -0.39 is 45.2 Å². The molecule has 0 aliphatic carbocycles. The quantitative estimate of drug-likeness (QED) is 0.0207. The SMILES string of the molecule is O=C(CSc1ccc(F)cc1)[C@H]1C(=O)N(c2ccccc2)[C@@H]1c1ccc(-c2ccc(P(=O)(O)O)cc2)cc1O.O=C1[C@H]([C@H](O)CSc2ccc(F)cc2)[C@@H](c2ccc(-c3ccc(P(=O)(O)O)cc3)cc2O)N1c1ccccc1. The first-order valence-electron chi connectivity index (χ1n) is 24.0. The normalized spacial score (nSPS) is 17.6. The number of β-lactam (4-membered cyclic amide) rings is 2. The number of phenolic OH excluding ortho intramolecular Hbond substituents is 2. The van der Waals surface area contributed by atoms with E-state index in [4.69, 9.17) is 0 Å². The molecule has 0 bridgehead atoms. The molecule has 2 amide bonds. The minimum Gasteiger partial charge on any atom is -0.508 e. The number of para-hydroxylation sites is 2. The Morgan fingerprint density at radius 2 is 0.910 bits per heavy atom. The van der Waals surface area contributed by atoms with Crippen LogP contribution in [0.15, 0.2) is 204 Å². The van der Waals surface area contributed by atoms with E-state index in [2.05, 4.69) is 0 Å². The lowest BCUT2D eigenvalue weighted by molar-refractivity contribution is -0.139. The fourth-order valence-electron chi connectivity index (χ4n) is 9.33. The van der Waals surface area contributed by atoms with Crippen molar-refractivity contribution in [1.29, 1.82) is 0 Å². The molecule has 2 aliphatic heterocycles. The van der Waals surface area contributed by atoms with Gasteiger partial charge in [0, 0.05) is 38.0 Å². The highest BCUT2D eigenvalue weighted by molar-refractivity contribution is 8.00. The Kier molecular flexibility index (Phi) is 16.7. The van der Waals surface area contributed by atoms with Gasteiger partial charge in [-0.1, -0.05) is 84.9 Å². The number of aliphatic hydroxyl groups is 1. The van der Waals surface area contributed by atoms with Crippen LogP contribution in [0.25, 0.3) is 22.3 Å². The second kappa shape index (κ2) is 23.4. The molecule has 8 aromatic carbocycles. The van der Waals surface area contributed by atoms with Crippen LogP contribution in [0.1, 0.15) is 23.2 Å². The Morgan fingerprint density at radius 1 is 0.513 bits per heavy atom. The van der Waals surface area contributed by atoms with E-state index in [0.717, 1.165) is 4.90 Å². The highest BCUT2D eigenvalue weighted by Gasteiger charge is 2.54. The van der Waals surface area contributed by atoms with Crippen LogP contribution in [0.5, 0.6) is 11.5 Å². The van der Waals surface area contributed by atoms with Gasteiger partial charge in [-0.15, -0.1) is 23.5 Å². The van der Waals surface area contributed by atoms with Crippen molar-refractivity contribution >= 4 is 78.3 Å². The molecule has 2 aliphatic rings. The number of anilines is 2. The van der Waals surface area contributed by atoms with Crippen molar-refractivity contribution in [2.24, 2.45) is 11.8 Å². The van der Waals surface area contributed by atoms with Crippen molar-refractivity contribution in [3.63, 3.8) is 0 Å². The number of ketones is 1. The first kappa shape index (κ1) is 55.5. The highest BCUT2D eigenvalue weighted by atomic mass is 32.2. The van der Waals surface area contributed by atoms with Gasteiger partial charge < -0.3 is 44.7 Å². The maximum atomic E-state index is 13.3. The monoisotopic (exact) mass is 1130 g/mol. The number of carbonyl (C=O) groups excluding carboxylic acids is 3. The Labute approximate surface area is 455 Å². The smallest absolute Gasteiger partial charge is 0.356 e. The van der Waals surface area contributed by atoms with E-state index in [1.165, 1.54) is 89.1 Å². The fraction of sp³-hybridized carbons (Fsp3) is 0.121. The van der Waals surface area contributed by atoms with Gasteiger partial charge in [0.2, 0.25) is 11.8 Å². The summed E-state index contributed by atoms with van der Waals surface area (Å²) in [6, 6.07) is 49.6. The fourth-order valence-corrected chi connectivity index (χ4v) is 12.1. The molecule has 10 rings (SSSR count). The third-order valence-corrected chi connectivity index (χ3v) is 17.4. The van der Waals surface area contributed by atoms with E-state index in [1.807, 2.05) is 12.1 Å². The lowest BCUT2D eigenvalue weighted by Crippen LogP contribution is -2.60. The van der Waals surface area contributed by atoms with Crippen molar-refractivity contribution in [1.82, 2.24) is 0 Å². The number of rotatable bonds is 16. The second-order valence-corrected chi connectivity index (χ2v) is 23.6. The van der Waals surface area contributed by atoms with Gasteiger partial charge in [0.15, 0.2) is 5.78 Å². The molecule has 2 saturated heterocycles. The summed E-state index contributed by atoms with van der Waals surface area (Å²) in [6.45, 7) is 0. The van der Waals surface area contributed by atoms with Gasteiger partial charge in [0.25, 0.3) is 0 Å². The van der Waals surface area contributed by atoms with Crippen LogP contribution in [0, 0.1) is 23.5 Å². The van der Waals surface area contributed by atoms with Gasteiger partial charge in [0.1, 0.15) is 29.1 Å². The largest absolute Gasteiger partial charge is 0.508 e. The first-order chi connectivity index (χ1) is 37.3. The van der Waals surface area contributed by atoms with Crippen LogP contribution < -0.4 is 20.4 Å². The van der Waals surface area contributed by atoms with E-state index in [0.29, 0.717) is 49.7 Å². The zero-order chi connectivity index (χ0) is 55.5. The number of Topliss-reactive ketones (excluding diaryl/α,β-unsaturated/α-hetero) is 1. The molecule has 0 unspecified atom stereocenters. The standard InChI is InChI=1S/C29H25FNO6PS.C29H23FNO6PS/c2*30-20-9-13-23(14-10-20)39-17-26(33)27-28(31(29(27)34)21-4-2-1-3-5-21)24-15-8-19(16-25(24)32)18-6-11-22(12-7-18)38(35,36)37/h1-16,26-28,32-33H,17H2,(H2,35,36,37);1-16,27-28,32H,17H2,(H2,35,36,37)/t26-,27-,28-;27-,28-/m11/s1. The van der Waals surface area contributed by atoms with Gasteiger partial charge in [0.05, 0.1) is 40.5 Å². The van der Waals surface area contributed by atoms with Gasteiger partial charge in [-0.05, 0) is 131 Å². The Hall–Kier alpha value is -7.21. The van der Waals surface area contributed by atoms with E-state index in [-0.39, 0.29) is 62.8 Å². The summed E-state index contributed by atoms with van der Waals surface area (Å²) in [5, 5.41) is 33.0. The van der Waals surface area contributed by atoms with Crippen molar-refractivity contribution in [3.8, 4) is 33.8 Å². The molecule has 8 aromatic rings. The predicted molar refractivity (Wildman–Crippen MR) is 296 cm³/mol. The van der Waals surface area contributed by atoms with E-state index in [9.17, 15) is 67.2 Å². The molecule has 2 heterocycles. The molecule has 0 aromatic heterocycles. The van der Waals surface area contributed by atoms with Crippen molar-refractivity contribution in [2.45, 2.75) is 28.0 Å². The molecule has 78 heavy (non-hydrogen) atoms. The zero-order valence-corrected chi connectivity index (χ0v) is 44.2. The number of carbonyl (C=O) groups is 3. The van der Waals surface area contributed by atoms with Gasteiger partial charge in [-0.2, -0.15) is 0 Å². The molecule has 0 saturated carbocycles. The van der Waals surface area contributed by atoms with Crippen LogP contribution in [-0.2, 0) is 23.5 Å². The summed E-state index contributed by atoms with van der Waals surface area (Å²) >= 11 is 2.53. The number of halogens is 2. The molecular weight excluding hydrogens is 1080 g/mol. The number of aromatic hydroxyl groups is 2. The molecule has 0 radical (unpaired) electrons. The average molecular weight is 1130 g/mol. The number of hydrogen-bond donors (Lipinski definition) is 7. The van der Waals surface area contributed by atoms with Crippen LogP contribution in [0.4, 0.5) is 20.2 Å². The summed E-state index contributed by atoms with van der Waals surface area (Å²) in [7, 11) is -8.75. The summed E-state index contributed by atoms with van der Waals surface area (Å²) in [6.07, 6.45) is -1.03. The number of benzene rings is 8. The molecule has 7 N–H and O–H groups in total. The van der Waals surface area contributed by atoms with Crippen molar-refractivity contribution in [2.75, 3.05) is 21.3 Å². The molecule has 5 atom stereocenters. The maximum absolute atomic E-state index is 13.3. The Balaban J connectivity index is 0.000000190. The van der Waals surface area contributed by atoms with Crippen molar-refractivity contribution < 1.29 is 67.2 Å². The van der Waals surface area contributed by atoms with E-state index in [1.54, 1.807) is 126 Å². The summed E-state index contributed by atoms with van der Waals surface area (Å²) < 4.78 is 49.4. The highest BCUT2D eigenvalue weighted by Crippen LogP contribution is 2.50. The summed E-state index contributed by atoms with van der Waals surface area (Å²) in [5.74, 6) is -3.47. The van der Waals surface area contributed by atoms with Gasteiger partial charge in [-0.25, -0.2) is 8.78 Å². The Morgan fingerprint density at radius 3 is 1.33 bits per heavy atom. The molecule has 14 nitrogen and oxygen atoms in total. The minimum atomic E-state index is -4.38. The maximum Gasteiger partial charge on any atom is 0.356 e. The predicted octanol–water partition coefficient (Wildman–Crippen LogP) is 9.93. The van der Waals surface area contributed by atoms with Gasteiger partial charge >= 0.3 is 15.2 Å². The molecule has 398 valence electrons. The number of phenols is 2. The number of amides is 2. The summed E-state index contributed by atoms with van der Waals surface area (Å²) in [5.41, 5.74) is 4.59. The second-order valence-electron chi connectivity index (χ2n) is 18.3. The number of hydrogen-bond acceptors (Lipinski definition) is 10. The first-order valence-corrected chi connectivity index (χ1v) is 29.2.